The van der Waals surface area contributed by atoms with E-state index in [4.69, 9.17) is 34.4 Å². The Morgan fingerprint density at radius 3 is 1.38 bits per heavy atom. The van der Waals surface area contributed by atoms with E-state index in [1.165, 1.54) is 74.1 Å². The van der Waals surface area contributed by atoms with Gasteiger partial charge in [-0.2, -0.15) is 11.8 Å². The van der Waals surface area contributed by atoms with Crippen LogP contribution in [0.4, 0.5) is 0 Å². The number of hydrogen-bond acceptors (Lipinski definition) is 19. The molecule has 0 heterocycles. The lowest BCUT2D eigenvalue weighted by molar-refractivity contribution is -0.141. The number of amides is 11. The molecule has 0 fully saturated rings. The third-order valence-corrected chi connectivity index (χ3v) is 15.1. The fourth-order valence-electron chi connectivity index (χ4n) is 9.24. The van der Waals surface area contributed by atoms with Gasteiger partial charge in [-0.1, -0.05) is 74.9 Å². The maximum atomic E-state index is 14.6. The average molecular weight is 1340 g/mol. The summed E-state index contributed by atoms with van der Waals surface area (Å²) in [5.41, 5.74) is 35.2. The number of aliphatic hydroxyl groups excluding tert-OH is 1. The van der Waals surface area contributed by atoms with Gasteiger partial charge in [0.1, 0.15) is 65.9 Å². The predicted octanol–water partition coefficient (Wildman–Crippen LogP) is -4.37. The van der Waals surface area contributed by atoms with Crippen LogP contribution >= 0.6 is 11.8 Å². The van der Waals surface area contributed by atoms with E-state index >= 15 is 0 Å². The lowest BCUT2D eigenvalue weighted by Crippen LogP contribution is -2.62. The van der Waals surface area contributed by atoms with Gasteiger partial charge in [-0.15, -0.1) is 0 Å². The highest BCUT2D eigenvalue weighted by Gasteiger charge is 2.37. The smallest absolute Gasteiger partial charge is 0.305 e. The molecule has 25 N–H and O–H groups in total. The highest BCUT2D eigenvalue weighted by molar-refractivity contribution is 7.98. The third-order valence-electron chi connectivity index (χ3n) is 14.5. The summed E-state index contributed by atoms with van der Waals surface area (Å²) < 4.78 is 0. The summed E-state index contributed by atoms with van der Waals surface area (Å²) in [4.78, 5) is 168. The number of guanidine groups is 1. The number of aromatic hydroxyl groups is 2. The first-order valence-electron chi connectivity index (χ1n) is 30.3. The van der Waals surface area contributed by atoms with E-state index in [1.807, 2.05) is 0 Å². The molecule has 3 aromatic rings. The fraction of sp³-hybridized carbons (Fsp3) is 0.492. The minimum Gasteiger partial charge on any atom is -0.508 e. The zero-order valence-electron chi connectivity index (χ0n) is 52.7. The second-order valence-electron chi connectivity index (χ2n) is 22.5. The number of aliphatic carboxylic acids is 1. The number of carbonyl (C=O) groups excluding carboxylic acids is 11. The summed E-state index contributed by atoms with van der Waals surface area (Å²) in [5, 5.41) is 62.4. The van der Waals surface area contributed by atoms with Crippen LogP contribution in [0.5, 0.6) is 11.5 Å². The number of thioether (sulfide) groups is 1. The van der Waals surface area contributed by atoms with Crippen LogP contribution in [0.1, 0.15) is 88.3 Å². The quantitative estimate of drug-likeness (QED) is 0.0145. The molecule has 3 aromatic carbocycles. The molecule has 32 nitrogen and oxygen atoms in total. The molecule has 0 unspecified atom stereocenters. The number of carbonyl (C=O) groups is 12. The van der Waals surface area contributed by atoms with Crippen molar-refractivity contribution in [2.24, 2.45) is 45.3 Å². The number of carboxylic acids is 1. The van der Waals surface area contributed by atoms with Crippen LogP contribution in [0, 0.1) is 5.92 Å². The number of phenols is 2. The summed E-state index contributed by atoms with van der Waals surface area (Å²) in [6.07, 6.45) is 0.255. The van der Waals surface area contributed by atoms with E-state index in [1.54, 1.807) is 36.6 Å². The van der Waals surface area contributed by atoms with Gasteiger partial charge >= 0.3 is 5.97 Å². The topological polar surface area (TPSA) is 563 Å². The Kier molecular flexibility index (Phi) is 34.4. The lowest BCUT2D eigenvalue weighted by Gasteiger charge is -2.29. The van der Waals surface area contributed by atoms with Crippen LogP contribution < -0.4 is 82.3 Å². The minimum absolute atomic E-state index is 0.000780. The highest BCUT2D eigenvalue weighted by Crippen LogP contribution is 2.16. The van der Waals surface area contributed by atoms with E-state index < -0.39 is 163 Å². The average Bonchev–Trinajstić information content (AvgIpc) is 0.979. The number of phenolic OH excluding ortho intramolecular Hbond substituents is 2. The first-order chi connectivity index (χ1) is 44.5. The van der Waals surface area contributed by atoms with Gasteiger partial charge in [0.2, 0.25) is 65.0 Å². The second-order valence-corrected chi connectivity index (χ2v) is 23.4. The van der Waals surface area contributed by atoms with Crippen LogP contribution in [-0.2, 0) is 76.8 Å². The number of unbranched alkanes of at least 4 members (excludes halogenated alkanes) is 1. The number of aliphatic imine (C=N–C) groups is 1. The van der Waals surface area contributed by atoms with Crippen molar-refractivity contribution in [3.63, 3.8) is 0 Å². The summed E-state index contributed by atoms with van der Waals surface area (Å²) in [5.74, 6) is -13.6. The molecule has 0 aliphatic rings. The van der Waals surface area contributed by atoms with Crippen molar-refractivity contribution in [2.75, 3.05) is 31.7 Å². The van der Waals surface area contributed by atoms with Crippen molar-refractivity contribution in [1.29, 1.82) is 0 Å². The number of benzene rings is 3. The zero-order chi connectivity index (χ0) is 70.0. The molecule has 0 bridgehead atoms. The van der Waals surface area contributed by atoms with Crippen LogP contribution in [-0.4, -0.2) is 189 Å². The molecule has 516 valence electrons. The monoisotopic (exact) mass is 1330 g/mol. The van der Waals surface area contributed by atoms with Crippen LogP contribution in [0.25, 0.3) is 0 Å². The molecule has 0 aliphatic carbocycles. The molecular weight excluding hydrogens is 1240 g/mol. The summed E-state index contributed by atoms with van der Waals surface area (Å²) in [6.45, 7) is 2.27. The van der Waals surface area contributed by atoms with E-state index in [9.17, 15) is 78.0 Å². The van der Waals surface area contributed by atoms with E-state index in [-0.39, 0.29) is 74.7 Å². The van der Waals surface area contributed by atoms with Crippen LogP contribution in [0.2, 0.25) is 0 Å². The number of aliphatic hydroxyl groups is 1. The van der Waals surface area contributed by atoms with Gasteiger partial charge < -0.3 is 103 Å². The van der Waals surface area contributed by atoms with E-state index in [0.29, 0.717) is 36.1 Å². The van der Waals surface area contributed by atoms with Gasteiger partial charge in [0.15, 0.2) is 5.96 Å². The summed E-state index contributed by atoms with van der Waals surface area (Å²) in [7, 11) is 0. The molecule has 11 amide bonds. The van der Waals surface area contributed by atoms with Crippen molar-refractivity contribution >= 4 is 88.7 Å². The van der Waals surface area contributed by atoms with E-state index in [2.05, 4.69) is 52.8 Å². The Labute approximate surface area is 547 Å². The van der Waals surface area contributed by atoms with Crippen molar-refractivity contribution < 1.29 is 78.0 Å². The van der Waals surface area contributed by atoms with E-state index in [0.717, 1.165) is 0 Å². The Bertz CT molecular complexity index is 3050. The molecule has 94 heavy (non-hydrogen) atoms. The Morgan fingerprint density at radius 2 is 0.915 bits per heavy atom. The summed E-state index contributed by atoms with van der Waals surface area (Å²) in [6, 6.07) is 4.42. The first kappa shape index (κ1) is 78.6. The number of nitrogens with one attached hydrogen (secondary N) is 9. The molecule has 33 heteroatoms. The molecule has 0 spiro atoms. The number of nitrogens with zero attached hydrogens (tertiary/aromatic N) is 1. The van der Waals surface area contributed by atoms with Gasteiger partial charge in [0.05, 0.1) is 19.1 Å². The van der Waals surface area contributed by atoms with Crippen molar-refractivity contribution in [3.8, 4) is 11.5 Å². The Balaban J connectivity index is 1.95. The third kappa shape index (κ3) is 28.9. The SMILES string of the molecule is CSCC[C@H](NC(=O)[C@H](Cc1ccccc1)NC(=O)[C@@H](N)CCCCN)C(=O)N[C@@H](CC(=O)O)C(=O)N[C@H](C(=O)N[C@@H](Cc1ccc(O)cc1)C(=O)N[C@@H](CCC(N)=O)C(=O)N[C@@H](CCCN=C(N)N)C(=O)N[C@@H](CO)C(=O)N[C@@H](Cc1ccc(O)cc1)C(N)=O)C(C)C. The normalized spacial score (nSPS) is 14.2. The largest absolute Gasteiger partial charge is 0.508 e. The molecular formula is C61H90N16O16S. The minimum atomic E-state index is -1.89. The second kappa shape index (κ2) is 41.1. The Morgan fingerprint density at radius 1 is 0.489 bits per heavy atom. The number of hydrogen-bond donors (Lipinski definition) is 19. The Hall–Kier alpha value is -9.60. The predicted molar refractivity (Wildman–Crippen MR) is 347 cm³/mol. The summed E-state index contributed by atoms with van der Waals surface area (Å²) >= 11 is 1.31. The maximum absolute atomic E-state index is 14.6. The van der Waals surface area contributed by atoms with Crippen LogP contribution in [0.3, 0.4) is 0 Å². The highest BCUT2D eigenvalue weighted by atomic mass is 32.2. The molecule has 0 radical (unpaired) electrons. The fourth-order valence-corrected chi connectivity index (χ4v) is 9.71. The number of rotatable bonds is 43. The molecule has 0 aromatic heterocycles. The maximum Gasteiger partial charge on any atom is 0.305 e. The van der Waals surface area contributed by atoms with Gasteiger partial charge in [0, 0.05) is 32.2 Å². The first-order valence-corrected chi connectivity index (χ1v) is 31.7. The van der Waals surface area contributed by atoms with Gasteiger partial charge in [-0.25, -0.2) is 0 Å². The number of carboxylic acid groups (broad SMARTS) is 1. The zero-order valence-corrected chi connectivity index (χ0v) is 53.5. The molecule has 3 rings (SSSR count). The lowest BCUT2D eigenvalue weighted by atomic mass is 9.99. The standard InChI is InChI=1S/C61H90N16O16S/c1-33(2)50(77-58(91)46(31-49(82)83)74-55(88)42(24-27-94-3)71-56(89)44(29-34-10-5-4-6-11-34)73-52(85)39(63)12-7-8-25-62)60(93)75-45(30-36-16-20-38(80)21-17-36)57(90)70-41(22-23-48(64)81)54(87)69-40(13-9-26-68-61(66)67)53(86)76-47(32-78)59(92)72-43(51(65)84)28-35-14-18-37(79)19-15-35/h4-6,10-11,14-21,33,39-47,50,78-80H,7-9,12-13,22-32,62-63H2,1-3H3,(H2,64,81)(H2,65,84)(H,69,87)(H,70,90)(H,71,89)(H,72,92)(H,73,85)(H,74,88)(H,75,93)(H,76,86)(H,77,91)(H,82,83)(H4,66,67,68)/t39-,40-,41-,42-,43-,44-,45-,46-,47-,50-/m0/s1. The molecule has 10 atom stereocenters. The van der Waals surface area contributed by atoms with Gasteiger partial charge in [-0.05, 0) is 104 Å². The van der Waals surface area contributed by atoms with Crippen LogP contribution in [0.15, 0.2) is 83.9 Å². The molecule has 0 aliphatic heterocycles. The number of primary amides is 2. The van der Waals surface area contributed by atoms with Crippen molar-refractivity contribution in [1.82, 2.24) is 47.9 Å². The van der Waals surface area contributed by atoms with Crippen molar-refractivity contribution in [3.05, 3.63) is 95.6 Å². The van der Waals surface area contributed by atoms with Gasteiger partial charge in [0.25, 0.3) is 0 Å². The van der Waals surface area contributed by atoms with Gasteiger partial charge in [-0.3, -0.25) is 62.5 Å². The molecule has 0 saturated heterocycles. The van der Waals surface area contributed by atoms with Crippen molar-refractivity contribution in [2.45, 2.75) is 151 Å². The molecule has 0 saturated carbocycles. The number of nitrogens with two attached hydrogens (primary N) is 6.